The molecule has 6 nitrogen and oxygen atoms in total. The molecule has 4 aromatic heterocycles. The molecule has 0 spiro atoms. The average molecular weight is 1460 g/mol. The smallest absolute Gasteiger partial charge is 0.194 e. The normalized spacial score (nSPS) is 14.8. The van der Waals surface area contributed by atoms with E-state index in [1.165, 1.54) is 165 Å². The Bertz CT molecular complexity index is 5140. The SMILES string of the molecule is CCCCCCc1ccc(C2(c3ccc(CCCCCC)cc3)c3cc4c(cc3-c3sc5cc(C=C6C(=O)c7cc(C)ccc7C6=C(C#N)C#N)sc5c32)C(c2ccc(CCCCCC)cc2)(c2ccc(CCCCCC)cc2)c2c-4sc3cc(C=C4C(=O)c5cc(C)ccc5C4=C(C#N)C#N)sc23)cc1. The van der Waals surface area contributed by atoms with Crippen LogP contribution in [-0.4, -0.2) is 11.6 Å². The van der Waals surface area contributed by atoms with Crippen molar-refractivity contribution in [2.24, 2.45) is 0 Å². The van der Waals surface area contributed by atoms with E-state index in [4.69, 9.17) is 0 Å². The lowest BCUT2D eigenvalue weighted by molar-refractivity contribution is 0.103. The first kappa shape index (κ1) is 71.7. The molecule has 4 aliphatic rings. The molecule has 106 heavy (non-hydrogen) atoms. The number of carbonyl (C=O) groups excluding carboxylic acids is 2. The van der Waals surface area contributed by atoms with Gasteiger partial charge in [0.2, 0.25) is 0 Å². The molecule has 0 N–H and O–H groups in total. The van der Waals surface area contributed by atoms with Crippen LogP contribution in [0.3, 0.4) is 0 Å². The summed E-state index contributed by atoms with van der Waals surface area (Å²) in [5.41, 5.74) is 21.1. The van der Waals surface area contributed by atoms with Gasteiger partial charge >= 0.3 is 0 Å². The molecule has 0 aliphatic heterocycles. The van der Waals surface area contributed by atoms with Crippen molar-refractivity contribution in [1.29, 1.82) is 21.0 Å². The lowest BCUT2D eigenvalue weighted by Gasteiger charge is -2.36. The molecule has 15 rings (SSSR count). The lowest BCUT2D eigenvalue weighted by Crippen LogP contribution is -2.30. The van der Waals surface area contributed by atoms with Crippen LogP contribution in [0.4, 0.5) is 0 Å². The number of carbonyl (C=O) groups is 2. The van der Waals surface area contributed by atoms with Crippen LogP contribution < -0.4 is 0 Å². The van der Waals surface area contributed by atoms with Gasteiger partial charge in [-0.05, 0) is 192 Å². The summed E-state index contributed by atoms with van der Waals surface area (Å²) in [4.78, 5) is 33.8. The van der Waals surface area contributed by atoms with Crippen LogP contribution in [0.15, 0.2) is 180 Å². The molecule has 0 radical (unpaired) electrons. The number of Topliss-reactive ketones (excluding diaryl/α,β-unsaturated/α-hetero) is 2. The number of ketones is 2. The molecule has 0 saturated carbocycles. The van der Waals surface area contributed by atoms with E-state index in [1.807, 2.05) is 85.1 Å². The van der Waals surface area contributed by atoms with Crippen molar-refractivity contribution in [3.8, 4) is 45.2 Å². The number of nitrogens with zero attached hydrogens (tertiary/aromatic N) is 4. The van der Waals surface area contributed by atoms with E-state index in [0.717, 1.165) is 91.0 Å². The van der Waals surface area contributed by atoms with Gasteiger partial charge in [0, 0.05) is 73.5 Å². The molecule has 0 bridgehead atoms. The topological polar surface area (TPSA) is 129 Å². The number of hydrogen-bond donors (Lipinski definition) is 0. The van der Waals surface area contributed by atoms with Crippen LogP contribution in [0.2, 0.25) is 0 Å². The third kappa shape index (κ3) is 12.4. The summed E-state index contributed by atoms with van der Waals surface area (Å²) in [6.07, 6.45) is 26.7. The zero-order valence-corrected chi connectivity index (χ0v) is 64.8. The van der Waals surface area contributed by atoms with Gasteiger partial charge < -0.3 is 0 Å². The second-order valence-electron chi connectivity index (χ2n) is 29.6. The van der Waals surface area contributed by atoms with Gasteiger partial charge in [-0.2, -0.15) is 21.0 Å². The van der Waals surface area contributed by atoms with Crippen LogP contribution in [0.1, 0.15) is 250 Å². The van der Waals surface area contributed by atoms with E-state index in [0.29, 0.717) is 44.5 Å². The summed E-state index contributed by atoms with van der Waals surface area (Å²) in [6, 6.07) is 68.1. The summed E-state index contributed by atoms with van der Waals surface area (Å²) in [7, 11) is 0. The van der Waals surface area contributed by atoms with Crippen LogP contribution in [0, 0.1) is 59.2 Å². The predicted octanol–water partition coefficient (Wildman–Crippen LogP) is 26.2. The zero-order valence-electron chi connectivity index (χ0n) is 61.5. The molecule has 11 aromatic rings. The minimum Gasteiger partial charge on any atom is -0.289 e. The number of unbranched alkanes of at least 4 members (excludes halogenated alkanes) is 12. The Balaban J connectivity index is 1.01. The van der Waals surface area contributed by atoms with Gasteiger partial charge in [0.1, 0.15) is 35.4 Å². The van der Waals surface area contributed by atoms with Crippen molar-refractivity contribution in [3.63, 3.8) is 0 Å². The molecule has 10 heteroatoms. The second-order valence-corrected chi connectivity index (χ2v) is 33.9. The van der Waals surface area contributed by atoms with Crippen molar-refractivity contribution in [2.45, 2.75) is 181 Å². The monoisotopic (exact) mass is 1450 g/mol. The molecular formula is C96H86N4O2S4. The Hall–Kier alpha value is -9.88. The van der Waals surface area contributed by atoms with E-state index >= 15 is 0 Å². The number of aryl methyl sites for hydroxylation is 6. The van der Waals surface area contributed by atoms with Crippen molar-refractivity contribution >= 4 is 99.0 Å². The third-order valence-electron chi connectivity index (χ3n) is 22.7. The summed E-state index contributed by atoms with van der Waals surface area (Å²) in [5, 5.41) is 42.0. The fraction of sp³-hybridized carbons (Fsp3) is 0.292. The van der Waals surface area contributed by atoms with Gasteiger partial charge in [0.25, 0.3) is 0 Å². The summed E-state index contributed by atoms with van der Waals surface area (Å²) in [6.45, 7) is 13.0. The predicted molar refractivity (Wildman–Crippen MR) is 442 cm³/mol. The third-order valence-corrected chi connectivity index (χ3v) is 27.5. The molecule has 4 aliphatic carbocycles. The minimum atomic E-state index is -0.843. The van der Waals surface area contributed by atoms with E-state index in [1.54, 1.807) is 22.7 Å². The van der Waals surface area contributed by atoms with Gasteiger partial charge in [-0.25, -0.2) is 0 Å². The first-order chi connectivity index (χ1) is 51.8. The van der Waals surface area contributed by atoms with Crippen LogP contribution >= 0.6 is 45.3 Å². The Morgan fingerprint density at radius 3 is 0.962 bits per heavy atom. The maximum Gasteiger partial charge on any atom is 0.194 e. The summed E-state index contributed by atoms with van der Waals surface area (Å²) >= 11 is 7.03. The molecule has 0 unspecified atom stereocenters. The fourth-order valence-corrected chi connectivity index (χ4v) is 22.9. The highest BCUT2D eigenvalue weighted by Crippen LogP contribution is 2.68. The highest BCUT2D eigenvalue weighted by atomic mass is 32.1. The number of hydrogen-bond acceptors (Lipinski definition) is 10. The molecule has 0 atom stereocenters. The molecule has 0 amide bonds. The average Bonchev–Trinajstić information content (AvgIpc) is 1.49. The Morgan fingerprint density at radius 1 is 0.358 bits per heavy atom. The molecule has 4 heterocycles. The van der Waals surface area contributed by atoms with Gasteiger partial charge in [-0.3, -0.25) is 9.59 Å². The fourth-order valence-electron chi connectivity index (χ4n) is 17.4. The number of benzene rings is 7. The van der Waals surface area contributed by atoms with E-state index in [2.05, 4.69) is 173 Å². The number of thiophene rings is 4. The number of allylic oxidation sites excluding steroid dienone is 6. The van der Waals surface area contributed by atoms with Crippen LogP contribution in [0.25, 0.3) is 63.0 Å². The minimum absolute atomic E-state index is 0.0778. The maximum absolute atomic E-state index is 14.8. The first-order valence-electron chi connectivity index (χ1n) is 38.4. The van der Waals surface area contributed by atoms with Crippen molar-refractivity contribution in [2.75, 3.05) is 0 Å². The van der Waals surface area contributed by atoms with E-state index < -0.39 is 10.8 Å². The van der Waals surface area contributed by atoms with E-state index in [9.17, 15) is 30.6 Å². The number of fused-ring (bicyclic) bond motifs is 12. The van der Waals surface area contributed by atoms with Crippen molar-refractivity contribution in [1.82, 2.24) is 0 Å². The highest BCUT2D eigenvalue weighted by Gasteiger charge is 2.55. The molecule has 7 aromatic carbocycles. The van der Waals surface area contributed by atoms with Crippen LogP contribution in [-0.2, 0) is 36.5 Å². The Labute approximate surface area is 640 Å². The molecular weight excluding hydrogens is 1370 g/mol. The Kier molecular flexibility index (Phi) is 20.7. The van der Waals surface area contributed by atoms with Gasteiger partial charge in [-0.15, -0.1) is 45.3 Å². The zero-order chi connectivity index (χ0) is 73.4. The largest absolute Gasteiger partial charge is 0.289 e. The van der Waals surface area contributed by atoms with Crippen molar-refractivity contribution < 1.29 is 9.59 Å². The summed E-state index contributed by atoms with van der Waals surface area (Å²) in [5.74, 6) is -0.373. The quantitative estimate of drug-likeness (QED) is 0.0302. The second kappa shape index (κ2) is 30.5. The number of nitriles is 4. The maximum atomic E-state index is 14.8. The molecule has 0 saturated heterocycles. The van der Waals surface area contributed by atoms with Gasteiger partial charge in [0.05, 0.1) is 20.2 Å². The summed E-state index contributed by atoms with van der Waals surface area (Å²) < 4.78 is 4.49. The van der Waals surface area contributed by atoms with Crippen LogP contribution in [0.5, 0.6) is 0 Å². The van der Waals surface area contributed by atoms with Gasteiger partial charge in [0.15, 0.2) is 11.6 Å². The highest BCUT2D eigenvalue weighted by molar-refractivity contribution is 7.31. The molecule has 526 valence electrons. The number of rotatable bonds is 26. The van der Waals surface area contributed by atoms with E-state index in [-0.39, 0.29) is 22.7 Å². The lowest BCUT2D eigenvalue weighted by atomic mass is 9.65. The molecule has 0 fully saturated rings. The standard InChI is InChI=1S/C96H86N4O2S4/c1-7-11-15-19-23-61-29-37-67(38-30-61)95(68-39-31-62(32-40-68)24-20-16-12-8-2)81-53-78-82(54-77(81)91-87(95)93-83(105-91)51-71(103-93)49-79-85(65(55-97)56-98)73-45-27-59(5)47-75(73)89(79)101)96(69-41-33-63(34-42-69)25-21-17-13-9-3,70-43-35-64(36-44-70)26-22-18-14-10-4)88-92(78)106-84-52-72(104-94(84)88)50-80-86(66(57-99)58-100)74-46-28-60(6)48-76(74)90(80)102/h27-54H,7-26H2,1-6H3. The Morgan fingerprint density at radius 2 is 0.670 bits per heavy atom. The first-order valence-corrected chi connectivity index (χ1v) is 41.7. The van der Waals surface area contributed by atoms with Gasteiger partial charge in [-0.1, -0.05) is 237 Å². The van der Waals surface area contributed by atoms with Crippen molar-refractivity contribution in [3.05, 3.63) is 290 Å².